The summed E-state index contributed by atoms with van der Waals surface area (Å²) in [6.07, 6.45) is 1.23. The average Bonchev–Trinajstić information content (AvgIpc) is 3.53. The Balaban J connectivity index is 1.15. The van der Waals surface area contributed by atoms with Gasteiger partial charge in [-0.25, -0.2) is 4.79 Å². The van der Waals surface area contributed by atoms with Crippen LogP contribution >= 0.6 is 0 Å². The van der Waals surface area contributed by atoms with Gasteiger partial charge in [-0.3, -0.25) is 4.79 Å². The number of Topliss-reactive ketones (excluding diaryl/α,β-unsaturated/α-hetero) is 1. The maximum Gasteiger partial charge on any atom is 0.331 e. The van der Waals surface area contributed by atoms with E-state index < -0.39 is 59.5 Å². The molecule has 0 amide bonds. The molecule has 6 fully saturated rings. The number of hydrogen-bond acceptors (Lipinski definition) is 10. The van der Waals surface area contributed by atoms with Gasteiger partial charge in [0.2, 0.25) is 0 Å². The first-order chi connectivity index (χ1) is 18.9. The van der Waals surface area contributed by atoms with Crippen LogP contribution in [0.25, 0.3) is 0 Å². The molecule has 0 radical (unpaired) electrons. The van der Waals surface area contributed by atoms with Gasteiger partial charge >= 0.3 is 5.97 Å². The van der Waals surface area contributed by atoms with Crippen molar-refractivity contribution in [2.45, 2.75) is 114 Å². The maximum atomic E-state index is 14.2. The highest BCUT2D eigenvalue weighted by Gasteiger charge is 2.81. The Bertz CT molecular complexity index is 1120. The molecular weight excluding hydrogens is 520 g/mol. The first-order valence-electron chi connectivity index (χ1n) is 14.9. The van der Waals surface area contributed by atoms with Crippen molar-refractivity contribution in [3.8, 4) is 0 Å². The van der Waals surface area contributed by atoms with Crippen molar-refractivity contribution in [2.75, 3.05) is 13.7 Å². The van der Waals surface area contributed by atoms with Crippen LogP contribution in [0.3, 0.4) is 0 Å². The van der Waals surface area contributed by atoms with Gasteiger partial charge in [0.15, 0.2) is 12.1 Å². The number of carbonyl (C=O) groups excluding carboxylic acids is 2. The number of aliphatic hydroxyl groups is 3. The molecule has 10 nitrogen and oxygen atoms in total. The van der Waals surface area contributed by atoms with Gasteiger partial charge in [-0.15, -0.1) is 0 Å². The number of esters is 1. The summed E-state index contributed by atoms with van der Waals surface area (Å²) in [6.45, 7) is 5.86. The highest BCUT2D eigenvalue weighted by Crippen LogP contribution is 2.72. The van der Waals surface area contributed by atoms with E-state index in [1.54, 1.807) is 14.0 Å². The molecule has 4 aliphatic carbocycles. The number of fused-ring (bicyclic) bond motifs is 2. The smallest absolute Gasteiger partial charge is 0.331 e. The number of aliphatic hydroxyl groups excluding tert-OH is 2. The summed E-state index contributed by atoms with van der Waals surface area (Å²) in [5, 5.41) is 34.6. The molecule has 2 saturated heterocycles. The van der Waals surface area contributed by atoms with Gasteiger partial charge in [0.1, 0.15) is 24.4 Å². The highest BCUT2D eigenvalue weighted by atomic mass is 16.7. The van der Waals surface area contributed by atoms with Gasteiger partial charge in [-0.2, -0.15) is 0 Å². The first kappa shape index (κ1) is 27.4. The predicted molar refractivity (Wildman–Crippen MR) is 138 cm³/mol. The van der Waals surface area contributed by atoms with Crippen LogP contribution in [0.4, 0.5) is 0 Å². The molecule has 0 bridgehead atoms. The summed E-state index contributed by atoms with van der Waals surface area (Å²) in [6, 6.07) is 0. The van der Waals surface area contributed by atoms with E-state index in [-0.39, 0.29) is 48.0 Å². The molecule has 7 aliphatic rings. The molecule has 15 atom stereocenters. The van der Waals surface area contributed by atoms with Crippen LogP contribution in [0.2, 0.25) is 0 Å². The molecule has 3 heterocycles. The monoisotopic (exact) mass is 562 g/mol. The highest BCUT2D eigenvalue weighted by molar-refractivity contribution is 5.94. The van der Waals surface area contributed by atoms with E-state index >= 15 is 0 Å². The predicted octanol–water partition coefficient (Wildman–Crippen LogP) is 1.28. The number of ketones is 1. The Hall–Kier alpha value is -1.40. The Morgan fingerprint density at radius 2 is 1.82 bits per heavy atom. The number of ether oxygens (including phenoxy) is 5. The van der Waals surface area contributed by atoms with E-state index in [1.165, 1.54) is 6.08 Å². The Labute approximate surface area is 234 Å². The molecule has 40 heavy (non-hydrogen) atoms. The topological polar surface area (TPSA) is 141 Å². The third-order valence-electron chi connectivity index (χ3n) is 12.4. The van der Waals surface area contributed by atoms with Crippen molar-refractivity contribution >= 4 is 11.8 Å². The van der Waals surface area contributed by atoms with Gasteiger partial charge in [-0.1, -0.05) is 6.92 Å². The summed E-state index contributed by atoms with van der Waals surface area (Å²) < 4.78 is 29.6. The minimum Gasteiger partial charge on any atom is -0.458 e. The Morgan fingerprint density at radius 3 is 2.52 bits per heavy atom. The van der Waals surface area contributed by atoms with Crippen LogP contribution in [0.5, 0.6) is 0 Å². The fourth-order valence-corrected chi connectivity index (χ4v) is 10.3. The Kier molecular flexibility index (Phi) is 6.21. The standard InChI is InChI=1S/C30H42O10/c1-13-25(32)19(36-4)11-22(38-13)39-16-5-6-28(2)15(8-16)9-18-23-24(28)26(33)27(34)29(3)17(14-7-21(31)37-12-14)10-20(40-18)30(23,29)35/h7,13,15-20,22-26,32-33,35H,5-6,8-12H2,1-4H3/t13-,15-,16-,17-,18-,19-,20+,22+,23-,24+,25+,26-,28-,29-,30-/m1/s1. The molecule has 3 aliphatic heterocycles. The minimum atomic E-state index is -1.42. The van der Waals surface area contributed by atoms with Crippen LogP contribution in [0.15, 0.2) is 11.6 Å². The minimum absolute atomic E-state index is 0.0681. The fraction of sp³-hybridized carbons (Fsp3) is 0.867. The van der Waals surface area contributed by atoms with E-state index in [0.717, 1.165) is 25.7 Å². The van der Waals surface area contributed by atoms with Crippen LogP contribution in [-0.2, 0) is 33.3 Å². The molecule has 0 aromatic carbocycles. The average molecular weight is 563 g/mol. The molecule has 0 unspecified atom stereocenters. The van der Waals surface area contributed by atoms with Gasteiger partial charge in [0.05, 0.1) is 35.9 Å². The van der Waals surface area contributed by atoms with E-state index in [0.29, 0.717) is 18.4 Å². The van der Waals surface area contributed by atoms with Gasteiger partial charge < -0.3 is 39.0 Å². The number of methoxy groups -OCH3 is 1. The van der Waals surface area contributed by atoms with Crippen molar-refractivity contribution in [2.24, 2.45) is 34.5 Å². The second-order valence-corrected chi connectivity index (χ2v) is 13.9. The zero-order valence-electron chi connectivity index (χ0n) is 23.7. The van der Waals surface area contributed by atoms with Crippen LogP contribution in [-0.4, -0.2) is 95.4 Å². The molecule has 0 spiro atoms. The summed E-state index contributed by atoms with van der Waals surface area (Å²) >= 11 is 0. The van der Waals surface area contributed by atoms with E-state index in [9.17, 15) is 24.9 Å². The summed E-state index contributed by atoms with van der Waals surface area (Å²) in [4.78, 5) is 26.0. The lowest BCUT2D eigenvalue weighted by atomic mass is 9.42. The van der Waals surface area contributed by atoms with Crippen molar-refractivity contribution in [1.82, 2.24) is 0 Å². The van der Waals surface area contributed by atoms with Crippen LogP contribution in [0, 0.1) is 34.5 Å². The van der Waals surface area contributed by atoms with Gasteiger partial charge in [-0.05, 0) is 62.9 Å². The molecule has 4 saturated carbocycles. The quantitative estimate of drug-likeness (QED) is 0.339. The first-order valence-corrected chi connectivity index (χ1v) is 14.9. The molecule has 0 aromatic heterocycles. The number of carbonyl (C=O) groups is 2. The molecule has 7 rings (SSSR count). The number of cyclic esters (lactones) is 1. The number of rotatable bonds is 4. The van der Waals surface area contributed by atoms with Crippen molar-refractivity contribution in [3.63, 3.8) is 0 Å². The van der Waals surface area contributed by atoms with Crippen molar-refractivity contribution < 1.29 is 48.6 Å². The third-order valence-corrected chi connectivity index (χ3v) is 12.4. The maximum absolute atomic E-state index is 14.2. The van der Waals surface area contributed by atoms with Gasteiger partial charge in [0.25, 0.3) is 0 Å². The second-order valence-electron chi connectivity index (χ2n) is 13.9. The zero-order chi connectivity index (χ0) is 28.4. The zero-order valence-corrected chi connectivity index (χ0v) is 23.7. The van der Waals surface area contributed by atoms with Crippen molar-refractivity contribution in [1.29, 1.82) is 0 Å². The van der Waals surface area contributed by atoms with E-state index in [1.807, 2.05) is 6.92 Å². The van der Waals surface area contributed by atoms with Crippen LogP contribution < -0.4 is 0 Å². The molecular formula is C30H42O10. The fourth-order valence-electron chi connectivity index (χ4n) is 10.3. The summed E-state index contributed by atoms with van der Waals surface area (Å²) in [5.74, 6) is -1.86. The SMILES string of the molecule is CO[C@@H]1C[C@H](O[C@@H]2CC[C@]3(C)[C@H](C2)C[C@H]2O[C@H]4C[C@H](C5=CC(=O)OC5)[C@]5(C)C(=O)[C@H](O)[C@@H]3[C@@H]2[C@]45O)O[C@H](C)[C@@H]1O. The lowest BCUT2D eigenvalue weighted by Crippen LogP contribution is -2.72. The van der Waals surface area contributed by atoms with Crippen molar-refractivity contribution in [3.05, 3.63) is 11.6 Å². The second kappa shape index (κ2) is 9.05. The van der Waals surface area contributed by atoms with Crippen LogP contribution in [0.1, 0.15) is 59.3 Å². The molecule has 0 aromatic rings. The Morgan fingerprint density at radius 1 is 1.05 bits per heavy atom. The normalized spacial score (nSPS) is 56.9. The van der Waals surface area contributed by atoms with Gasteiger partial charge in [0, 0.05) is 37.4 Å². The lowest BCUT2D eigenvalue weighted by molar-refractivity contribution is -0.274. The molecule has 3 N–H and O–H groups in total. The van der Waals surface area contributed by atoms with E-state index in [4.69, 9.17) is 23.7 Å². The van der Waals surface area contributed by atoms with E-state index in [2.05, 4.69) is 6.92 Å². The third kappa shape index (κ3) is 3.41. The molecule has 10 heteroatoms. The molecule has 222 valence electrons. The number of hydrogen-bond donors (Lipinski definition) is 3. The lowest BCUT2D eigenvalue weighted by Gasteiger charge is -2.63. The summed E-state index contributed by atoms with van der Waals surface area (Å²) in [5.41, 5.74) is -2.34. The summed E-state index contributed by atoms with van der Waals surface area (Å²) in [7, 11) is 1.58. The largest absolute Gasteiger partial charge is 0.458 e.